The van der Waals surface area contributed by atoms with Crippen LogP contribution in [0.4, 0.5) is 0 Å². The minimum Gasteiger partial charge on any atom is -0.349 e. The predicted octanol–water partition coefficient (Wildman–Crippen LogP) is 3.38. The van der Waals surface area contributed by atoms with Gasteiger partial charge in [-0.05, 0) is 31.0 Å². The summed E-state index contributed by atoms with van der Waals surface area (Å²) >= 11 is 0. The molecule has 3 rings (SSSR count). The second kappa shape index (κ2) is 7.08. The van der Waals surface area contributed by atoms with Gasteiger partial charge < -0.3 is 5.32 Å². The molecule has 0 radical (unpaired) electrons. The molecule has 5 heteroatoms. The van der Waals surface area contributed by atoms with Crippen LogP contribution in [-0.2, 0) is 0 Å². The Morgan fingerprint density at radius 2 is 1.92 bits per heavy atom. The molecule has 0 bridgehead atoms. The molecule has 5 nitrogen and oxygen atoms in total. The summed E-state index contributed by atoms with van der Waals surface area (Å²) in [5, 5.41) is 7.27. The lowest BCUT2D eigenvalue weighted by molar-refractivity contribution is 0.0943. The van der Waals surface area contributed by atoms with Crippen molar-refractivity contribution < 1.29 is 4.79 Å². The van der Waals surface area contributed by atoms with Crippen molar-refractivity contribution in [1.29, 1.82) is 0 Å². The third-order valence-electron chi connectivity index (χ3n) is 3.62. The number of amides is 1. The quantitative estimate of drug-likeness (QED) is 0.784. The Labute approximate surface area is 141 Å². The number of nitrogens with zero attached hydrogens (tertiary/aromatic N) is 3. The van der Waals surface area contributed by atoms with Crippen LogP contribution in [0.15, 0.2) is 54.6 Å². The monoisotopic (exact) mass is 320 g/mol. The van der Waals surface area contributed by atoms with Crippen LogP contribution in [0.3, 0.4) is 0 Å². The standard InChI is InChI=1S/C19H20N4O/c1-3-12-20-19(24)17-21-18(15-9-5-4-6-10-15)23(22-17)16-11-7-8-14(2)13-16/h4-11,13H,3,12H2,1-2H3,(H,20,24). The summed E-state index contributed by atoms with van der Waals surface area (Å²) in [6.45, 7) is 4.64. The van der Waals surface area contributed by atoms with Gasteiger partial charge in [-0.3, -0.25) is 4.79 Å². The SMILES string of the molecule is CCCNC(=O)c1nc(-c2ccccc2)n(-c2cccc(C)c2)n1. The zero-order chi connectivity index (χ0) is 16.9. The molecule has 0 fully saturated rings. The van der Waals surface area contributed by atoms with E-state index in [1.165, 1.54) is 0 Å². The van der Waals surface area contributed by atoms with E-state index in [-0.39, 0.29) is 11.7 Å². The highest BCUT2D eigenvalue weighted by molar-refractivity contribution is 5.91. The Hall–Kier alpha value is -2.95. The smallest absolute Gasteiger partial charge is 0.290 e. The molecule has 0 saturated carbocycles. The van der Waals surface area contributed by atoms with E-state index in [1.54, 1.807) is 4.68 Å². The number of carbonyl (C=O) groups excluding carboxylic acids is 1. The molecule has 0 saturated heterocycles. The average molecular weight is 320 g/mol. The Morgan fingerprint density at radius 1 is 1.12 bits per heavy atom. The van der Waals surface area contributed by atoms with Gasteiger partial charge in [0.05, 0.1) is 5.69 Å². The minimum absolute atomic E-state index is 0.184. The summed E-state index contributed by atoms with van der Waals surface area (Å²) in [7, 11) is 0. The van der Waals surface area contributed by atoms with E-state index in [2.05, 4.69) is 15.4 Å². The molecule has 1 amide bonds. The van der Waals surface area contributed by atoms with Crippen molar-refractivity contribution in [3.63, 3.8) is 0 Å². The van der Waals surface area contributed by atoms with Crippen LogP contribution >= 0.6 is 0 Å². The fourth-order valence-electron chi connectivity index (χ4n) is 2.44. The zero-order valence-corrected chi connectivity index (χ0v) is 13.9. The fourth-order valence-corrected chi connectivity index (χ4v) is 2.44. The maximum absolute atomic E-state index is 12.2. The van der Waals surface area contributed by atoms with Gasteiger partial charge >= 0.3 is 0 Å². The van der Waals surface area contributed by atoms with Gasteiger partial charge in [-0.2, -0.15) is 0 Å². The molecule has 24 heavy (non-hydrogen) atoms. The summed E-state index contributed by atoms with van der Waals surface area (Å²) in [4.78, 5) is 16.7. The van der Waals surface area contributed by atoms with Crippen molar-refractivity contribution >= 4 is 5.91 Å². The lowest BCUT2D eigenvalue weighted by atomic mass is 10.2. The number of carbonyl (C=O) groups is 1. The number of hydrogen-bond acceptors (Lipinski definition) is 3. The summed E-state index contributed by atoms with van der Waals surface area (Å²) in [6, 6.07) is 17.7. The Bertz CT molecular complexity index is 840. The normalized spacial score (nSPS) is 10.6. The van der Waals surface area contributed by atoms with Gasteiger partial charge in [-0.15, -0.1) is 5.10 Å². The van der Waals surface area contributed by atoms with Crippen molar-refractivity contribution in [2.45, 2.75) is 20.3 Å². The maximum atomic E-state index is 12.2. The molecule has 0 atom stereocenters. The number of hydrogen-bond donors (Lipinski definition) is 1. The van der Waals surface area contributed by atoms with E-state index in [9.17, 15) is 4.79 Å². The highest BCUT2D eigenvalue weighted by Crippen LogP contribution is 2.21. The zero-order valence-electron chi connectivity index (χ0n) is 13.9. The first-order valence-corrected chi connectivity index (χ1v) is 8.06. The number of benzene rings is 2. The Kier molecular flexibility index (Phi) is 4.70. The van der Waals surface area contributed by atoms with E-state index in [1.807, 2.05) is 68.4 Å². The maximum Gasteiger partial charge on any atom is 0.290 e. The van der Waals surface area contributed by atoms with Crippen LogP contribution in [0, 0.1) is 6.92 Å². The van der Waals surface area contributed by atoms with E-state index in [0.29, 0.717) is 12.4 Å². The van der Waals surface area contributed by atoms with Crippen LogP contribution < -0.4 is 5.32 Å². The van der Waals surface area contributed by atoms with Gasteiger partial charge in [0, 0.05) is 12.1 Å². The predicted molar refractivity (Wildman–Crippen MR) is 94.2 cm³/mol. The summed E-state index contributed by atoms with van der Waals surface area (Å²) in [5.41, 5.74) is 2.93. The van der Waals surface area contributed by atoms with Crippen LogP contribution in [0.5, 0.6) is 0 Å². The number of aromatic nitrogens is 3. The van der Waals surface area contributed by atoms with Gasteiger partial charge in [-0.1, -0.05) is 49.4 Å². The Balaban J connectivity index is 2.08. The lowest BCUT2D eigenvalue weighted by Gasteiger charge is -2.06. The van der Waals surface area contributed by atoms with Crippen LogP contribution in [0.25, 0.3) is 17.1 Å². The van der Waals surface area contributed by atoms with Gasteiger partial charge in [0.15, 0.2) is 5.82 Å². The van der Waals surface area contributed by atoms with Crippen LogP contribution in [0.2, 0.25) is 0 Å². The average Bonchev–Trinajstić information content (AvgIpc) is 3.06. The molecular formula is C19H20N4O. The first-order valence-electron chi connectivity index (χ1n) is 8.06. The van der Waals surface area contributed by atoms with Crippen molar-refractivity contribution in [1.82, 2.24) is 20.1 Å². The summed E-state index contributed by atoms with van der Waals surface area (Å²) < 4.78 is 1.73. The molecule has 2 aromatic carbocycles. The van der Waals surface area contributed by atoms with Gasteiger partial charge in [0.1, 0.15) is 0 Å². The van der Waals surface area contributed by atoms with Crippen LogP contribution in [0.1, 0.15) is 29.5 Å². The molecular weight excluding hydrogens is 300 g/mol. The van der Waals surface area contributed by atoms with E-state index in [0.717, 1.165) is 23.2 Å². The third kappa shape index (κ3) is 3.35. The van der Waals surface area contributed by atoms with Crippen molar-refractivity contribution in [2.75, 3.05) is 6.54 Å². The molecule has 0 aliphatic carbocycles. The third-order valence-corrected chi connectivity index (χ3v) is 3.62. The fraction of sp³-hybridized carbons (Fsp3) is 0.211. The highest BCUT2D eigenvalue weighted by Gasteiger charge is 2.18. The topological polar surface area (TPSA) is 59.8 Å². The molecule has 0 aliphatic rings. The van der Waals surface area contributed by atoms with Gasteiger partial charge in [0.2, 0.25) is 5.82 Å². The molecule has 3 aromatic rings. The number of nitrogens with one attached hydrogen (secondary N) is 1. The summed E-state index contributed by atoms with van der Waals surface area (Å²) in [6.07, 6.45) is 0.871. The minimum atomic E-state index is -0.250. The molecule has 122 valence electrons. The molecule has 0 unspecified atom stereocenters. The largest absolute Gasteiger partial charge is 0.349 e. The number of aryl methyl sites for hydroxylation is 1. The second-order valence-corrected chi connectivity index (χ2v) is 5.63. The van der Waals surface area contributed by atoms with E-state index >= 15 is 0 Å². The first-order chi connectivity index (χ1) is 11.7. The van der Waals surface area contributed by atoms with E-state index < -0.39 is 0 Å². The van der Waals surface area contributed by atoms with Crippen molar-refractivity contribution in [3.05, 3.63) is 66.0 Å². The van der Waals surface area contributed by atoms with Crippen molar-refractivity contribution in [2.24, 2.45) is 0 Å². The molecule has 1 N–H and O–H groups in total. The molecule has 1 heterocycles. The number of rotatable bonds is 5. The molecule has 0 spiro atoms. The van der Waals surface area contributed by atoms with Crippen molar-refractivity contribution in [3.8, 4) is 17.1 Å². The summed E-state index contributed by atoms with van der Waals surface area (Å²) in [5.74, 6) is 0.590. The van der Waals surface area contributed by atoms with Gasteiger partial charge in [0.25, 0.3) is 5.91 Å². The Morgan fingerprint density at radius 3 is 2.62 bits per heavy atom. The van der Waals surface area contributed by atoms with E-state index in [4.69, 9.17) is 0 Å². The van der Waals surface area contributed by atoms with Crippen LogP contribution in [-0.4, -0.2) is 27.2 Å². The second-order valence-electron chi connectivity index (χ2n) is 5.63. The highest BCUT2D eigenvalue weighted by atomic mass is 16.2. The molecule has 1 aromatic heterocycles. The first kappa shape index (κ1) is 15.9. The lowest BCUT2D eigenvalue weighted by Crippen LogP contribution is -2.25. The molecule has 0 aliphatic heterocycles. The van der Waals surface area contributed by atoms with Gasteiger partial charge in [-0.25, -0.2) is 9.67 Å².